The van der Waals surface area contributed by atoms with E-state index in [4.69, 9.17) is 0 Å². The Balaban J connectivity index is 1.79. The van der Waals surface area contributed by atoms with E-state index in [9.17, 15) is 14.3 Å². The molecule has 0 amide bonds. The minimum atomic E-state index is -0.734. The molecule has 0 bridgehead atoms. The lowest BCUT2D eigenvalue weighted by Gasteiger charge is -2.37. The number of halogens is 1. The molecule has 3 nitrogen and oxygen atoms in total. The minimum Gasteiger partial charge on any atom is -0.481 e. The molecule has 0 aliphatic carbocycles. The molecule has 2 atom stereocenters. The van der Waals surface area contributed by atoms with Crippen LogP contribution in [0.1, 0.15) is 30.0 Å². The maximum Gasteiger partial charge on any atom is 0.307 e. The van der Waals surface area contributed by atoms with Crippen LogP contribution in [0.25, 0.3) is 10.1 Å². The first-order chi connectivity index (χ1) is 12.6. The average Bonchev–Trinajstić information content (AvgIpc) is 3.08. The molecule has 0 spiro atoms. The van der Waals surface area contributed by atoms with E-state index in [-0.39, 0.29) is 17.8 Å². The summed E-state index contributed by atoms with van der Waals surface area (Å²) in [6.07, 6.45) is 1.57. The summed E-state index contributed by atoms with van der Waals surface area (Å²) < 4.78 is 14.7. The number of carboxylic acid groups (broad SMARTS) is 1. The first kappa shape index (κ1) is 17.2. The number of benzene rings is 2. The second kappa shape index (κ2) is 7.17. The highest BCUT2D eigenvalue weighted by atomic mass is 32.1. The quantitative estimate of drug-likeness (QED) is 0.709. The zero-order valence-corrected chi connectivity index (χ0v) is 15.1. The van der Waals surface area contributed by atoms with Gasteiger partial charge in [0.2, 0.25) is 0 Å². The maximum atomic E-state index is 13.5. The van der Waals surface area contributed by atoms with Crippen LogP contribution < -0.4 is 0 Å². The molecule has 1 aliphatic heterocycles. The summed E-state index contributed by atoms with van der Waals surface area (Å²) in [6, 6.07) is 14.8. The molecule has 2 unspecified atom stereocenters. The van der Waals surface area contributed by atoms with Gasteiger partial charge in [0.25, 0.3) is 0 Å². The van der Waals surface area contributed by atoms with Crippen LogP contribution in [0.5, 0.6) is 0 Å². The molecule has 2 aromatic carbocycles. The first-order valence-electron chi connectivity index (χ1n) is 8.82. The highest BCUT2D eigenvalue weighted by molar-refractivity contribution is 7.17. The van der Waals surface area contributed by atoms with Gasteiger partial charge in [-0.25, -0.2) is 4.39 Å². The van der Waals surface area contributed by atoms with Crippen molar-refractivity contribution in [2.24, 2.45) is 5.92 Å². The summed E-state index contributed by atoms with van der Waals surface area (Å²) in [6.45, 7) is 1.36. The third kappa shape index (κ3) is 3.24. The fourth-order valence-electron chi connectivity index (χ4n) is 3.88. The van der Waals surface area contributed by atoms with Crippen molar-refractivity contribution in [3.05, 3.63) is 70.9 Å². The number of carbonyl (C=O) groups is 1. The highest BCUT2D eigenvalue weighted by Gasteiger charge is 2.32. The Morgan fingerprint density at radius 2 is 1.96 bits per heavy atom. The molecule has 1 aromatic heterocycles. The number of rotatable bonds is 4. The van der Waals surface area contributed by atoms with Crippen molar-refractivity contribution in [1.82, 2.24) is 4.90 Å². The number of thiophene rings is 1. The van der Waals surface area contributed by atoms with Gasteiger partial charge in [0.05, 0.1) is 12.0 Å². The van der Waals surface area contributed by atoms with Gasteiger partial charge in [-0.3, -0.25) is 9.69 Å². The van der Waals surface area contributed by atoms with Crippen molar-refractivity contribution in [2.45, 2.75) is 18.9 Å². The fourth-order valence-corrected chi connectivity index (χ4v) is 4.86. The second-order valence-electron chi connectivity index (χ2n) is 6.81. The van der Waals surface area contributed by atoms with Gasteiger partial charge < -0.3 is 5.11 Å². The summed E-state index contributed by atoms with van der Waals surface area (Å²) in [5.41, 5.74) is 2.17. The summed E-state index contributed by atoms with van der Waals surface area (Å²) in [7, 11) is 0. The average molecular weight is 369 g/mol. The monoisotopic (exact) mass is 369 g/mol. The molecule has 134 valence electrons. The number of piperidine rings is 1. The van der Waals surface area contributed by atoms with Crippen LogP contribution in [0.15, 0.2) is 53.9 Å². The molecule has 1 saturated heterocycles. The van der Waals surface area contributed by atoms with Gasteiger partial charge in [-0.2, -0.15) is 0 Å². The number of aliphatic carboxylic acids is 1. The SMILES string of the molecule is O=C(O)C1CCCN(C(c2ccc(F)cc2)c2csc3ccccc23)C1. The number of carboxylic acids is 1. The molecule has 26 heavy (non-hydrogen) atoms. The predicted octanol–water partition coefficient (Wildman–Crippen LogP) is 4.93. The van der Waals surface area contributed by atoms with E-state index in [1.807, 2.05) is 24.3 Å². The van der Waals surface area contributed by atoms with E-state index in [0.717, 1.165) is 18.5 Å². The lowest BCUT2D eigenvalue weighted by atomic mass is 9.91. The van der Waals surface area contributed by atoms with Crippen LogP contribution in [0.4, 0.5) is 4.39 Å². The standard InChI is InChI=1S/C21H20FNO2S/c22-16-9-7-14(8-10-16)20(23-11-3-4-15(12-23)21(24)25)18-13-26-19-6-2-1-5-17(18)19/h1-2,5-10,13,15,20H,3-4,11-12H2,(H,24,25). The fraction of sp³-hybridized carbons (Fsp3) is 0.286. The molecule has 1 fully saturated rings. The summed E-state index contributed by atoms with van der Waals surface area (Å²) in [5, 5.41) is 12.8. The molecule has 5 heteroatoms. The van der Waals surface area contributed by atoms with Crippen molar-refractivity contribution in [2.75, 3.05) is 13.1 Å². The van der Waals surface area contributed by atoms with Crippen LogP contribution in [-0.2, 0) is 4.79 Å². The molecule has 2 heterocycles. The van der Waals surface area contributed by atoms with Gasteiger partial charge in [-0.15, -0.1) is 11.3 Å². The molecule has 1 N–H and O–H groups in total. The van der Waals surface area contributed by atoms with Crippen LogP contribution in [0.2, 0.25) is 0 Å². The molecule has 1 aliphatic rings. The molecule has 3 aromatic rings. The lowest BCUT2D eigenvalue weighted by molar-refractivity contribution is -0.143. The lowest BCUT2D eigenvalue weighted by Crippen LogP contribution is -2.41. The zero-order chi connectivity index (χ0) is 18.1. The van der Waals surface area contributed by atoms with E-state index in [1.165, 1.54) is 27.8 Å². The number of fused-ring (bicyclic) bond motifs is 1. The Morgan fingerprint density at radius 1 is 1.19 bits per heavy atom. The summed E-state index contributed by atoms with van der Waals surface area (Å²) in [5.74, 6) is -1.34. The number of hydrogen-bond donors (Lipinski definition) is 1. The van der Waals surface area contributed by atoms with Gasteiger partial charge >= 0.3 is 5.97 Å². The third-order valence-electron chi connectivity index (χ3n) is 5.16. The van der Waals surface area contributed by atoms with E-state index < -0.39 is 5.97 Å². The van der Waals surface area contributed by atoms with Crippen molar-refractivity contribution >= 4 is 27.4 Å². The van der Waals surface area contributed by atoms with Crippen LogP contribution in [0, 0.1) is 11.7 Å². The van der Waals surface area contributed by atoms with Gasteiger partial charge in [0.15, 0.2) is 0 Å². The Kier molecular flexibility index (Phi) is 4.74. The van der Waals surface area contributed by atoms with Gasteiger partial charge in [-0.05, 0) is 59.5 Å². The van der Waals surface area contributed by atoms with E-state index in [0.29, 0.717) is 13.0 Å². The second-order valence-corrected chi connectivity index (χ2v) is 7.72. The number of hydrogen-bond acceptors (Lipinski definition) is 3. The molecule has 4 rings (SSSR count). The van der Waals surface area contributed by atoms with E-state index >= 15 is 0 Å². The zero-order valence-electron chi connectivity index (χ0n) is 14.3. The van der Waals surface area contributed by atoms with Crippen LogP contribution >= 0.6 is 11.3 Å². The van der Waals surface area contributed by atoms with Crippen LogP contribution in [0.3, 0.4) is 0 Å². The molecule has 0 saturated carbocycles. The molecule has 0 radical (unpaired) electrons. The highest BCUT2D eigenvalue weighted by Crippen LogP contribution is 2.39. The van der Waals surface area contributed by atoms with Gasteiger partial charge in [-0.1, -0.05) is 30.3 Å². The van der Waals surface area contributed by atoms with Crippen molar-refractivity contribution in [1.29, 1.82) is 0 Å². The Bertz CT molecular complexity index is 921. The summed E-state index contributed by atoms with van der Waals surface area (Å²) in [4.78, 5) is 13.8. The predicted molar refractivity (Wildman–Crippen MR) is 102 cm³/mol. The Hall–Kier alpha value is -2.24. The number of nitrogens with zero attached hydrogens (tertiary/aromatic N) is 1. The minimum absolute atomic E-state index is 0.0612. The summed E-state index contributed by atoms with van der Waals surface area (Å²) >= 11 is 1.69. The van der Waals surface area contributed by atoms with Crippen LogP contribution in [-0.4, -0.2) is 29.1 Å². The molecular formula is C21H20FNO2S. The van der Waals surface area contributed by atoms with Gasteiger partial charge in [0, 0.05) is 11.2 Å². The normalized spacial score (nSPS) is 19.5. The number of likely N-dealkylation sites (tertiary alicyclic amines) is 1. The molecular weight excluding hydrogens is 349 g/mol. The smallest absolute Gasteiger partial charge is 0.307 e. The van der Waals surface area contributed by atoms with Gasteiger partial charge in [0.1, 0.15) is 5.82 Å². The first-order valence-corrected chi connectivity index (χ1v) is 9.70. The Labute approximate surface area is 155 Å². The van der Waals surface area contributed by atoms with E-state index in [1.54, 1.807) is 11.3 Å². The Morgan fingerprint density at radius 3 is 2.73 bits per heavy atom. The van der Waals surface area contributed by atoms with Crippen molar-refractivity contribution in [3.63, 3.8) is 0 Å². The largest absolute Gasteiger partial charge is 0.481 e. The van der Waals surface area contributed by atoms with Crippen molar-refractivity contribution < 1.29 is 14.3 Å². The maximum absolute atomic E-state index is 13.5. The van der Waals surface area contributed by atoms with E-state index in [2.05, 4.69) is 22.4 Å². The third-order valence-corrected chi connectivity index (χ3v) is 6.14. The topological polar surface area (TPSA) is 40.5 Å². The van der Waals surface area contributed by atoms with Crippen molar-refractivity contribution in [3.8, 4) is 0 Å².